The van der Waals surface area contributed by atoms with Gasteiger partial charge in [-0.2, -0.15) is 0 Å². The quantitative estimate of drug-likeness (QED) is 0.588. The molecule has 2 fully saturated rings. The van der Waals surface area contributed by atoms with E-state index >= 15 is 0 Å². The molecule has 0 bridgehead atoms. The zero-order chi connectivity index (χ0) is 12.4. The molecule has 0 aliphatic carbocycles. The summed E-state index contributed by atoms with van der Waals surface area (Å²) in [6.45, 7) is 0.929. The first kappa shape index (κ1) is 12.3. The molecule has 0 aromatic rings. The predicted molar refractivity (Wildman–Crippen MR) is 59.4 cm³/mol. The van der Waals surface area contributed by atoms with Crippen LogP contribution in [0.2, 0.25) is 0 Å². The number of aliphatic carboxylic acids is 1. The first-order valence-electron chi connectivity index (χ1n) is 6.04. The van der Waals surface area contributed by atoms with E-state index in [-0.39, 0.29) is 24.9 Å². The van der Waals surface area contributed by atoms with Crippen molar-refractivity contribution in [1.29, 1.82) is 0 Å². The van der Waals surface area contributed by atoms with Gasteiger partial charge in [0.15, 0.2) is 0 Å². The average Bonchev–Trinajstić information content (AvgIpc) is 2.72. The number of aliphatic hydroxyl groups excluding tert-OH is 1. The van der Waals surface area contributed by atoms with Crippen molar-refractivity contribution in [3.63, 3.8) is 0 Å². The van der Waals surface area contributed by atoms with Crippen LogP contribution in [0.25, 0.3) is 0 Å². The van der Waals surface area contributed by atoms with E-state index in [9.17, 15) is 14.7 Å². The van der Waals surface area contributed by atoms with Gasteiger partial charge in [0.25, 0.3) is 0 Å². The minimum atomic E-state index is -1.04. The summed E-state index contributed by atoms with van der Waals surface area (Å²) in [4.78, 5) is 24.5. The number of rotatable bonds is 2. The number of amides is 1. The standard InChI is InChI=1S/C11H18N2O4/c14-7-5-9(11(16)17)13(6-7)10(15)8-3-1-2-4-12-8/h7-9,12,14H,1-6H2,(H,16,17)/t7?,8-,9?/m0/s1. The van der Waals surface area contributed by atoms with Crippen LogP contribution in [0, 0.1) is 0 Å². The Labute approximate surface area is 99.6 Å². The topological polar surface area (TPSA) is 89.9 Å². The number of piperidine rings is 1. The van der Waals surface area contributed by atoms with Crippen molar-refractivity contribution in [2.24, 2.45) is 0 Å². The maximum atomic E-state index is 12.1. The van der Waals surface area contributed by atoms with Crippen LogP contribution in [0.4, 0.5) is 0 Å². The van der Waals surface area contributed by atoms with Gasteiger partial charge in [-0.05, 0) is 19.4 Å². The van der Waals surface area contributed by atoms with E-state index in [2.05, 4.69) is 5.32 Å². The van der Waals surface area contributed by atoms with Gasteiger partial charge in [-0.1, -0.05) is 6.42 Å². The van der Waals surface area contributed by atoms with E-state index < -0.39 is 18.1 Å². The summed E-state index contributed by atoms with van der Waals surface area (Å²) in [5.41, 5.74) is 0. The third-order valence-corrected chi connectivity index (χ3v) is 3.46. The number of carboxylic acid groups (broad SMARTS) is 1. The Morgan fingerprint density at radius 2 is 2.06 bits per heavy atom. The van der Waals surface area contributed by atoms with Gasteiger partial charge in [0.05, 0.1) is 12.1 Å². The molecule has 6 heteroatoms. The number of likely N-dealkylation sites (tertiary alicyclic amines) is 1. The van der Waals surface area contributed by atoms with Crippen molar-refractivity contribution in [3.8, 4) is 0 Å². The van der Waals surface area contributed by atoms with Gasteiger partial charge in [-0.3, -0.25) is 4.79 Å². The Balaban J connectivity index is 2.04. The van der Waals surface area contributed by atoms with Gasteiger partial charge in [-0.25, -0.2) is 4.79 Å². The number of aliphatic hydroxyl groups is 1. The minimum Gasteiger partial charge on any atom is -0.480 e. The summed E-state index contributed by atoms with van der Waals surface area (Å²) < 4.78 is 0. The van der Waals surface area contributed by atoms with Gasteiger partial charge in [0.1, 0.15) is 6.04 Å². The van der Waals surface area contributed by atoms with Gasteiger partial charge < -0.3 is 20.4 Å². The SMILES string of the molecule is O=C(O)C1CC(O)CN1C(=O)[C@@H]1CCCCN1. The molecule has 2 aliphatic rings. The lowest BCUT2D eigenvalue weighted by Gasteiger charge is -2.29. The molecule has 0 saturated carbocycles. The van der Waals surface area contributed by atoms with E-state index in [1.54, 1.807) is 0 Å². The molecular formula is C11H18N2O4. The molecular weight excluding hydrogens is 224 g/mol. The first-order chi connectivity index (χ1) is 8.09. The molecule has 2 aliphatic heterocycles. The maximum absolute atomic E-state index is 12.1. The fraction of sp³-hybridized carbons (Fsp3) is 0.818. The summed E-state index contributed by atoms with van der Waals surface area (Å²) in [6, 6.07) is -1.16. The van der Waals surface area contributed by atoms with Gasteiger partial charge in [0, 0.05) is 13.0 Å². The highest BCUT2D eigenvalue weighted by Crippen LogP contribution is 2.21. The zero-order valence-corrected chi connectivity index (χ0v) is 9.63. The number of carboxylic acids is 1. The van der Waals surface area contributed by atoms with Crippen molar-refractivity contribution in [1.82, 2.24) is 10.2 Å². The van der Waals surface area contributed by atoms with E-state index in [0.29, 0.717) is 0 Å². The Hall–Kier alpha value is -1.14. The second-order valence-corrected chi connectivity index (χ2v) is 4.74. The average molecular weight is 242 g/mol. The number of nitrogens with one attached hydrogen (secondary N) is 1. The van der Waals surface area contributed by atoms with Crippen LogP contribution in [0.5, 0.6) is 0 Å². The highest BCUT2D eigenvalue weighted by molar-refractivity contribution is 5.87. The highest BCUT2D eigenvalue weighted by atomic mass is 16.4. The maximum Gasteiger partial charge on any atom is 0.326 e. The molecule has 17 heavy (non-hydrogen) atoms. The fourth-order valence-corrected chi connectivity index (χ4v) is 2.55. The van der Waals surface area contributed by atoms with Crippen molar-refractivity contribution < 1.29 is 19.8 Å². The number of hydrogen-bond acceptors (Lipinski definition) is 4. The lowest BCUT2D eigenvalue weighted by molar-refractivity contribution is -0.149. The monoisotopic (exact) mass is 242 g/mol. The molecule has 96 valence electrons. The molecule has 3 atom stereocenters. The van der Waals surface area contributed by atoms with Crippen LogP contribution < -0.4 is 5.32 Å². The van der Waals surface area contributed by atoms with Crippen molar-refractivity contribution >= 4 is 11.9 Å². The predicted octanol–water partition coefficient (Wildman–Crippen LogP) is -0.825. The number of nitrogens with zero attached hydrogens (tertiary/aromatic N) is 1. The van der Waals surface area contributed by atoms with Crippen LogP contribution in [0.1, 0.15) is 25.7 Å². The molecule has 0 radical (unpaired) electrons. The van der Waals surface area contributed by atoms with Crippen LogP contribution in [-0.4, -0.2) is 58.3 Å². The molecule has 6 nitrogen and oxygen atoms in total. The Morgan fingerprint density at radius 1 is 1.29 bits per heavy atom. The third-order valence-electron chi connectivity index (χ3n) is 3.46. The minimum absolute atomic E-state index is 0.133. The summed E-state index contributed by atoms with van der Waals surface area (Å²) in [6.07, 6.45) is 2.20. The summed E-state index contributed by atoms with van der Waals surface area (Å²) in [5.74, 6) is -1.22. The smallest absolute Gasteiger partial charge is 0.326 e. The van der Waals surface area contributed by atoms with E-state index in [1.807, 2.05) is 0 Å². The van der Waals surface area contributed by atoms with E-state index in [4.69, 9.17) is 5.11 Å². The lowest BCUT2D eigenvalue weighted by atomic mass is 10.0. The first-order valence-corrected chi connectivity index (χ1v) is 6.04. The Kier molecular flexibility index (Phi) is 3.63. The third kappa shape index (κ3) is 2.58. The molecule has 3 N–H and O–H groups in total. The van der Waals surface area contributed by atoms with Crippen LogP contribution >= 0.6 is 0 Å². The molecule has 1 amide bonds. The second-order valence-electron chi connectivity index (χ2n) is 4.74. The Morgan fingerprint density at radius 3 is 2.65 bits per heavy atom. The number of β-amino-alcohol motifs (C(OH)–C–C–N with tert-alkyl or cyclic N) is 1. The molecule has 0 aromatic carbocycles. The van der Waals surface area contributed by atoms with Gasteiger partial charge >= 0.3 is 5.97 Å². The zero-order valence-electron chi connectivity index (χ0n) is 9.63. The molecule has 0 spiro atoms. The number of carbonyl (C=O) groups excluding carboxylic acids is 1. The summed E-state index contributed by atoms with van der Waals surface area (Å²) in [5, 5.41) is 21.6. The molecule has 0 aromatic heterocycles. The molecule has 2 heterocycles. The van der Waals surface area contributed by atoms with Crippen LogP contribution in [0.3, 0.4) is 0 Å². The van der Waals surface area contributed by atoms with E-state index in [1.165, 1.54) is 4.90 Å². The largest absolute Gasteiger partial charge is 0.480 e. The van der Waals surface area contributed by atoms with Gasteiger partial charge in [-0.15, -0.1) is 0 Å². The van der Waals surface area contributed by atoms with Crippen molar-refractivity contribution in [2.75, 3.05) is 13.1 Å². The Bertz CT molecular complexity index is 315. The van der Waals surface area contributed by atoms with E-state index in [0.717, 1.165) is 25.8 Å². The molecule has 2 unspecified atom stereocenters. The summed E-state index contributed by atoms with van der Waals surface area (Å²) in [7, 11) is 0. The van der Waals surface area contributed by atoms with Crippen LogP contribution in [0.15, 0.2) is 0 Å². The van der Waals surface area contributed by atoms with Crippen molar-refractivity contribution in [2.45, 2.75) is 43.9 Å². The van der Waals surface area contributed by atoms with Crippen molar-refractivity contribution in [3.05, 3.63) is 0 Å². The van der Waals surface area contributed by atoms with Crippen LogP contribution in [-0.2, 0) is 9.59 Å². The highest BCUT2D eigenvalue weighted by Gasteiger charge is 2.41. The molecule has 2 saturated heterocycles. The second kappa shape index (κ2) is 5.01. The van der Waals surface area contributed by atoms with Gasteiger partial charge in [0.2, 0.25) is 5.91 Å². The number of carbonyl (C=O) groups is 2. The number of hydrogen-bond donors (Lipinski definition) is 3. The summed E-state index contributed by atoms with van der Waals surface area (Å²) >= 11 is 0. The lowest BCUT2D eigenvalue weighted by Crippen LogP contribution is -2.51. The fourth-order valence-electron chi connectivity index (χ4n) is 2.55. The normalized spacial score (nSPS) is 33.7. The molecule has 2 rings (SSSR count).